The Kier molecular flexibility index (Phi) is 5.33. The molecule has 3 aromatic rings. The number of anilines is 2. The molecule has 3 heterocycles. The number of nitrogens with zero attached hydrogens (tertiary/aromatic N) is 3. The molecule has 0 aliphatic carbocycles. The highest BCUT2D eigenvalue weighted by molar-refractivity contribution is 6.07. The zero-order valence-electron chi connectivity index (χ0n) is 15.4. The molecular formula is C21H18F2N4O2. The zero-order chi connectivity index (χ0) is 20.2. The van der Waals surface area contributed by atoms with Gasteiger partial charge in [0.15, 0.2) is 0 Å². The molecule has 0 fully saturated rings. The maximum absolute atomic E-state index is 12.8. The number of carbonyl (C=O) groups is 1. The van der Waals surface area contributed by atoms with Gasteiger partial charge in [-0.15, -0.1) is 0 Å². The number of hydrogen-bond acceptors (Lipinski definition) is 5. The van der Waals surface area contributed by atoms with Crippen LogP contribution in [0.4, 0.5) is 20.3 Å². The number of ether oxygens (including phenoxy) is 1. The highest BCUT2D eigenvalue weighted by Crippen LogP contribution is 2.28. The third-order valence-electron chi connectivity index (χ3n) is 4.62. The number of hydrogen-bond donors (Lipinski definition) is 1. The van der Waals surface area contributed by atoms with Crippen molar-refractivity contribution in [3.63, 3.8) is 0 Å². The molecule has 4 rings (SSSR count). The predicted octanol–water partition coefficient (Wildman–Crippen LogP) is 3.89. The van der Waals surface area contributed by atoms with Gasteiger partial charge in [-0.05, 0) is 42.3 Å². The molecule has 0 radical (unpaired) electrons. The van der Waals surface area contributed by atoms with Crippen molar-refractivity contribution < 1.29 is 18.3 Å². The Bertz CT molecular complexity index is 994. The smallest absolute Gasteiger partial charge is 0.387 e. The number of rotatable bonds is 6. The van der Waals surface area contributed by atoms with Crippen molar-refractivity contribution in [1.82, 2.24) is 9.97 Å². The van der Waals surface area contributed by atoms with Crippen LogP contribution in [0.3, 0.4) is 0 Å². The van der Waals surface area contributed by atoms with Crippen molar-refractivity contribution in [2.75, 3.05) is 16.8 Å². The van der Waals surface area contributed by atoms with E-state index in [1.165, 1.54) is 17.8 Å². The highest BCUT2D eigenvalue weighted by atomic mass is 19.3. The number of pyridine rings is 2. The minimum absolute atomic E-state index is 0.00762. The summed E-state index contributed by atoms with van der Waals surface area (Å²) >= 11 is 0. The Balaban J connectivity index is 1.36. The van der Waals surface area contributed by atoms with Crippen LogP contribution in [-0.2, 0) is 13.0 Å². The van der Waals surface area contributed by atoms with Gasteiger partial charge in [0.2, 0.25) is 0 Å². The molecule has 0 atom stereocenters. The molecule has 0 spiro atoms. The number of aromatic nitrogens is 2. The quantitative estimate of drug-likeness (QED) is 0.685. The lowest BCUT2D eigenvalue weighted by atomic mass is 10.2. The van der Waals surface area contributed by atoms with Crippen molar-refractivity contribution in [2.45, 2.75) is 19.6 Å². The van der Waals surface area contributed by atoms with Crippen LogP contribution in [-0.4, -0.2) is 29.0 Å². The van der Waals surface area contributed by atoms with Crippen LogP contribution in [0, 0.1) is 0 Å². The molecule has 0 saturated heterocycles. The monoisotopic (exact) mass is 396 g/mol. The van der Waals surface area contributed by atoms with E-state index < -0.39 is 6.61 Å². The number of fused-ring (bicyclic) bond motifs is 1. The van der Waals surface area contributed by atoms with Gasteiger partial charge in [-0.2, -0.15) is 8.78 Å². The van der Waals surface area contributed by atoms with Crippen LogP contribution in [0.25, 0.3) is 0 Å². The molecular weight excluding hydrogens is 378 g/mol. The third-order valence-corrected chi connectivity index (χ3v) is 4.62. The summed E-state index contributed by atoms with van der Waals surface area (Å²) in [5.41, 5.74) is 3.27. The number of para-hydroxylation sites is 1. The van der Waals surface area contributed by atoms with Crippen LogP contribution in [0.1, 0.15) is 21.6 Å². The third kappa shape index (κ3) is 4.31. The topological polar surface area (TPSA) is 67.3 Å². The first-order chi connectivity index (χ1) is 14.1. The molecule has 1 aromatic carbocycles. The lowest BCUT2D eigenvalue weighted by molar-refractivity contribution is -0.0500. The summed E-state index contributed by atoms with van der Waals surface area (Å²) in [6, 6.07) is 14.4. The number of amides is 1. The Morgan fingerprint density at radius 2 is 1.97 bits per heavy atom. The Labute approximate surface area is 166 Å². The molecule has 148 valence electrons. The summed E-state index contributed by atoms with van der Waals surface area (Å²) in [6.07, 6.45) is 3.63. The molecule has 8 heteroatoms. The van der Waals surface area contributed by atoms with Gasteiger partial charge in [0.25, 0.3) is 5.91 Å². The van der Waals surface area contributed by atoms with Crippen LogP contribution in [0.5, 0.6) is 5.75 Å². The first kappa shape index (κ1) is 18.8. The molecule has 1 amide bonds. The molecule has 0 unspecified atom stereocenters. The Morgan fingerprint density at radius 3 is 2.69 bits per heavy atom. The number of nitrogens with one attached hydrogen (secondary N) is 1. The van der Waals surface area contributed by atoms with E-state index in [1.807, 2.05) is 24.3 Å². The molecule has 2 aromatic heterocycles. The summed E-state index contributed by atoms with van der Waals surface area (Å²) < 4.78 is 28.6. The summed E-state index contributed by atoms with van der Waals surface area (Å²) in [6.45, 7) is -1.86. The van der Waals surface area contributed by atoms with Crippen LogP contribution in [0.2, 0.25) is 0 Å². The number of carbonyl (C=O) groups excluding carboxylic acids is 1. The molecule has 0 bridgehead atoms. The number of benzene rings is 1. The minimum Gasteiger partial charge on any atom is -0.433 e. The van der Waals surface area contributed by atoms with Crippen molar-refractivity contribution >= 4 is 17.4 Å². The van der Waals surface area contributed by atoms with Gasteiger partial charge in [-0.25, -0.2) is 4.98 Å². The summed E-state index contributed by atoms with van der Waals surface area (Å²) in [5.74, 6) is 0.511. The summed E-state index contributed by atoms with van der Waals surface area (Å²) in [4.78, 5) is 22.9. The van der Waals surface area contributed by atoms with E-state index in [9.17, 15) is 13.6 Å². The minimum atomic E-state index is -2.87. The van der Waals surface area contributed by atoms with E-state index in [2.05, 4.69) is 20.0 Å². The fraction of sp³-hybridized carbons (Fsp3) is 0.190. The summed E-state index contributed by atoms with van der Waals surface area (Å²) in [7, 11) is 0. The van der Waals surface area contributed by atoms with Gasteiger partial charge in [-0.3, -0.25) is 9.78 Å². The lowest BCUT2D eigenvalue weighted by Gasteiger charge is -2.17. The van der Waals surface area contributed by atoms with Gasteiger partial charge in [0, 0.05) is 18.4 Å². The van der Waals surface area contributed by atoms with Crippen molar-refractivity contribution in [3.05, 3.63) is 77.7 Å². The van der Waals surface area contributed by atoms with E-state index >= 15 is 0 Å². The molecule has 1 aliphatic heterocycles. The van der Waals surface area contributed by atoms with Crippen LogP contribution >= 0.6 is 0 Å². The van der Waals surface area contributed by atoms with Crippen LogP contribution in [0.15, 0.2) is 60.9 Å². The predicted molar refractivity (Wildman–Crippen MR) is 104 cm³/mol. The first-order valence-corrected chi connectivity index (χ1v) is 9.09. The van der Waals surface area contributed by atoms with E-state index in [1.54, 1.807) is 29.3 Å². The van der Waals surface area contributed by atoms with E-state index in [0.717, 1.165) is 12.1 Å². The van der Waals surface area contributed by atoms with E-state index in [-0.39, 0.29) is 11.7 Å². The van der Waals surface area contributed by atoms with Gasteiger partial charge in [0.05, 0.1) is 24.0 Å². The molecule has 1 aliphatic rings. The maximum Gasteiger partial charge on any atom is 0.387 e. The SMILES string of the molecule is O=C(c1ccc(NCc2ccc(OC(F)F)cn2)nc1)N1CCc2ccccc21. The second-order valence-corrected chi connectivity index (χ2v) is 6.48. The zero-order valence-corrected chi connectivity index (χ0v) is 15.4. The van der Waals surface area contributed by atoms with Gasteiger partial charge in [-0.1, -0.05) is 18.2 Å². The van der Waals surface area contributed by atoms with Crippen LogP contribution < -0.4 is 15.0 Å². The average molecular weight is 396 g/mol. The van der Waals surface area contributed by atoms with Gasteiger partial charge >= 0.3 is 6.61 Å². The first-order valence-electron chi connectivity index (χ1n) is 9.09. The van der Waals surface area contributed by atoms with Gasteiger partial charge < -0.3 is 15.0 Å². The largest absolute Gasteiger partial charge is 0.433 e. The average Bonchev–Trinajstić information content (AvgIpc) is 3.17. The molecule has 1 N–H and O–H groups in total. The normalized spacial score (nSPS) is 12.7. The number of alkyl halides is 2. The van der Waals surface area contributed by atoms with E-state index in [0.29, 0.717) is 30.2 Å². The maximum atomic E-state index is 12.8. The van der Waals surface area contributed by atoms with Crippen molar-refractivity contribution in [3.8, 4) is 5.75 Å². The molecule has 6 nitrogen and oxygen atoms in total. The number of halogens is 2. The Hall–Kier alpha value is -3.55. The fourth-order valence-corrected chi connectivity index (χ4v) is 3.20. The summed E-state index contributed by atoms with van der Waals surface area (Å²) in [5, 5.41) is 3.09. The molecule has 0 saturated carbocycles. The van der Waals surface area contributed by atoms with Crippen molar-refractivity contribution in [2.24, 2.45) is 0 Å². The van der Waals surface area contributed by atoms with Crippen molar-refractivity contribution in [1.29, 1.82) is 0 Å². The van der Waals surface area contributed by atoms with E-state index in [4.69, 9.17) is 0 Å². The second kappa shape index (κ2) is 8.22. The molecule has 29 heavy (non-hydrogen) atoms. The lowest BCUT2D eigenvalue weighted by Crippen LogP contribution is -2.28. The standard InChI is InChI=1S/C21H18F2N4O2/c22-21(23)29-17-7-6-16(24-13-17)12-26-19-8-5-15(11-25-19)20(28)27-10-9-14-3-1-2-4-18(14)27/h1-8,11,13,21H,9-10,12H2,(H,25,26). The second-order valence-electron chi connectivity index (χ2n) is 6.48. The van der Waals surface area contributed by atoms with Gasteiger partial charge in [0.1, 0.15) is 11.6 Å². The highest BCUT2D eigenvalue weighted by Gasteiger charge is 2.25. The fourth-order valence-electron chi connectivity index (χ4n) is 3.20. The Morgan fingerprint density at radius 1 is 1.10 bits per heavy atom.